The van der Waals surface area contributed by atoms with Gasteiger partial charge < -0.3 is 14.4 Å². The van der Waals surface area contributed by atoms with Gasteiger partial charge in [0.05, 0.1) is 18.7 Å². The number of benzene rings is 2. The Hall–Kier alpha value is -2.46. The molecular weight excluding hydrogens is 500 g/mol. The Morgan fingerprint density at radius 1 is 1.14 bits per heavy atom. The third-order valence-corrected chi connectivity index (χ3v) is 9.10. The van der Waals surface area contributed by atoms with Gasteiger partial charge in [-0.25, -0.2) is 4.98 Å². The lowest BCUT2D eigenvalue weighted by molar-refractivity contribution is -0.136. The fraction of sp³-hybridized carbons (Fsp3) is 0.308. The Morgan fingerprint density at radius 2 is 1.89 bits per heavy atom. The average Bonchev–Trinajstić information content (AvgIpc) is 3.41. The molecule has 0 saturated heterocycles. The highest BCUT2D eigenvalue weighted by Gasteiger charge is 2.23. The molecule has 2 aromatic carbocycles. The monoisotopic (exact) mass is 528 g/mol. The van der Waals surface area contributed by atoms with Crippen molar-refractivity contribution in [1.82, 2.24) is 8.96 Å². The summed E-state index contributed by atoms with van der Waals surface area (Å²) in [5, 5.41) is 12.0. The molecule has 2 heterocycles. The van der Waals surface area contributed by atoms with Gasteiger partial charge in [0.25, 0.3) is 0 Å². The standard InChI is InChI=1S/C26H28N2O4S3/c1-16-10-20(15-23(29)30)14-21-13-19(4)28(24(16)21)35(31)22-11-17(2)25(18(3)12-22)32-7-5-8-33-26-27-6-9-34-26/h6,9-14H,5,7-8,15H2,1-4H3,(H,29,30). The molecule has 0 aliphatic carbocycles. The summed E-state index contributed by atoms with van der Waals surface area (Å²) in [4.78, 5) is 16.1. The van der Waals surface area contributed by atoms with Gasteiger partial charge in [-0.3, -0.25) is 4.79 Å². The molecule has 0 radical (unpaired) electrons. The molecule has 0 fully saturated rings. The predicted molar refractivity (Wildman–Crippen MR) is 143 cm³/mol. The number of hydrogen-bond donors (Lipinski definition) is 1. The number of carboxylic acid groups (broad SMARTS) is 1. The number of thiazole rings is 1. The van der Waals surface area contributed by atoms with Crippen molar-refractivity contribution in [3.05, 3.63) is 69.9 Å². The van der Waals surface area contributed by atoms with Gasteiger partial charge in [-0.2, -0.15) is 3.97 Å². The molecule has 4 aromatic rings. The molecule has 0 aliphatic rings. The zero-order chi connectivity index (χ0) is 25.1. The number of nitrogens with zero attached hydrogens (tertiary/aromatic N) is 2. The van der Waals surface area contributed by atoms with E-state index in [0.29, 0.717) is 11.5 Å². The molecule has 35 heavy (non-hydrogen) atoms. The number of aromatic nitrogens is 2. The van der Waals surface area contributed by atoms with Crippen LogP contribution in [0.2, 0.25) is 0 Å². The second kappa shape index (κ2) is 11.1. The van der Waals surface area contributed by atoms with E-state index in [1.54, 1.807) is 23.1 Å². The van der Waals surface area contributed by atoms with Gasteiger partial charge in [0, 0.05) is 34.8 Å². The fourth-order valence-corrected chi connectivity index (χ4v) is 7.36. The molecule has 0 aliphatic heterocycles. The highest BCUT2D eigenvalue weighted by Crippen LogP contribution is 2.32. The molecular formula is C26H28N2O4S3. The van der Waals surface area contributed by atoms with Crippen LogP contribution in [0.3, 0.4) is 0 Å². The van der Waals surface area contributed by atoms with E-state index >= 15 is 0 Å². The van der Waals surface area contributed by atoms with Gasteiger partial charge in [-0.15, -0.1) is 11.3 Å². The van der Waals surface area contributed by atoms with Crippen molar-refractivity contribution >= 4 is 51.3 Å². The van der Waals surface area contributed by atoms with E-state index in [1.165, 1.54) is 0 Å². The number of hydrogen-bond acceptors (Lipinski definition) is 6. The third kappa shape index (κ3) is 5.86. The lowest BCUT2D eigenvalue weighted by Gasteiger charge is -2.18. The van der Waals surface area contributed by atoms with Crippen LogP contribution in [0.15, 0.2) is 51.1 Å². The lowest BCUT2D eigenvalue weighted by atomic mass is 10.1. The van der Waals surface area contributed by atoms with Crippen molar-refractivity contribution in [2.75, 3.05) is 12.4 Å². The van der Waals surface area contributed by atoms with Crippen LogP contribution in [0, 0.1) is 27.7 Å². The Balaban J connectivity index is 1.52. The van der Waals surface area contributed by atoms with Crippen LogP contribution < -0.4 is 4.74 Å². The van der Waals surface area contributed by atoms with Crippen LogP contribution in [0.4, 0.5) is 0 Å². The maximum Gasteiger partial charge on any atom is 0.307 e. The molecule has 9 heteroatoms. The van der Waals surface area contributed by atoms with Crippen molar-refractivity contribution in [3.8, 4) is 5.75 Å². The molecule has 2 aromatic heterocycles. The highest BCUT2D eigenvalue weighted by atomic mass is 32.2. The minimum absolute atomic E-state index is 0.0342. The maximum absolute atomic E-state index is 13.7. The Bertz CT molecular complexity index is 1330. The van der Waals surface area contributed by atoms with Crippen LogP contribution >= 0.6 is 23.1 Å². The Kier molecular flexibility index (Phi) is 8.11. The Labute approximate surface area is 216 Å². The molecule has 1 unspecified atom stereocenters. The number of aliphatic carboxylic acids is 1. The summed E-state index contributed by atoms with van der Waals surface area (Å²) < 4.78 is 22.7. The van der Waals surface area contributed by atoms with Crippen LogP contribution in [-0.2, 0) is 22.6 Å². The summed E-state index contributed by atoms with van der Waals surface area (Å²) in [6, 6.07) is 9.57. The summed E-state index contributed by atoms with van der Waals surface area (Å²) in [6.45, 7) is 8.44. The summed E-state index contributed by atoms with van der Waals surface area (Å²) >= 11 is 1.94. The second-order valence-corrected chi connectivity index (χ2v) is 12.1. The van der Waals surface area contributed by atoms with E-state index in [0.717, 1.165) is 61.1 Å². The fourth-order valence-electron chi connectivity index (χ4n) is 4.24. The summed E-state index contributed by atoms with van der Waals surface area (Å²) in [7, 11) is 0. The van der Waals surface area contributed by atoms with Crippen molar-refractivity contribution < 1.29 is 19.2 Å². The van der Waals surface area contributed by atoms with Crippen LogP contribution in [0.1, 0.15) is 34.4 Å². The predicted octanol–water partition coefficient (Wildman–Crippen LogP) is 6.09. The first kappa shape index (κ1) is 25.6. The van der Waals surface area contributed by atoms with Crippen LogP contribution in [0.5, 0.6) is 5.75 Å². The van der Waals surface area contributed by atoms with Gasteiger partial charge in [-0.05, 0) is 68.5 Å². The van der Waals surface area contributed by atoms with E-state index < -0.39 is 17.3 Å². The quantitative estimate of drug-likeness (QED) is 0.152. The first-order valence-corrected chi connectivity index (χ1v) is 14.2. The van der Waals surface area contributed by atoms with Gasteiger partial charge in [0.2, 0.25) is 0 Å². The second-order valence-electron chi connectivity index (χ2n) is 8.49. The minimum Gasteiger partial charge on any atom is -0.587 e. The first-order chi connectivity index (χ1) is 16.7. The molecule has 0 bridgehead atoms. The number of ether oxygens (including phenoxy) is 1. The number of thioether (sulfide) groups is 1. The average molecular weight is 529 g/mol. The van der Waals surface area contributed by atoms with Crippen molar-refractivity contribution in [2.45, 2.75) is 49.8 Å². The first-order valence-electron chi connectivity index (χ1n) is 11.3. The molecule has 0 amide bonds. The topological polar surface area (TPSA) is 87.4 Å². The highest BCUT2D eigenvalue weighted by molar-refractivity contribution is 8.01. The van der Waals surface area contributed by atoms with E-state index in [-0.39, 0.29) is 6.42 Å². The summed E-state index contributed by atoms with van der Waals surface area (Å²) in [5.41, 5.74) is 5.28. The largest absolute Gasteiger partial charge is 0.587 e. The maximum atomic E-state index is 13.7. The van der Waals surface area contributed by atoms with Gasteiger partial charge in [-0.1, -0.05) is 17.8 Å². The molecule has 0 saturated carbocycles. The van der Waals surface area contributed by atoms with Crippen molar-refractivity contribution in [3.63, 3.8) is 0 Å². The molecule has 4 rings (SSSR count). The lowest BCUT2D eigenvalue weighted by Crippen LogP contribution is -2.16. The SMILES string of the molecule is Cc1cc([S+]([O-])n2c(C)cc3cc(CC(=O)O)cc(C)c32)cc(C)c1OCCCSc1nccs1. The minimum atomic E-state index is -1.45. The van der Waals surface area contributed by atoms with E-state index in [1.807, 2.05) is 73.6 Å². The van der Waals surface area contributed by atoms with E-state index in [9.17, 15) is 9.35 Å². The van der Waals surface area contributed by atoms with Crippen molar-refractivity contribution in [2.24, 2.45) is 0 Å². The number of aryl methyl sites for hydroxylation is 4. The van der Waals surface area contributed by atoms with Gasteiger partial charge in [0.15, 0.2) is 4.90 Å². The third-order valence-electron chi connectivity index (χ3n) is 5.60. The molecule has 1 atom stereocenters. The summed E-state index contributed by atoms with van der Waals surface area (Å²) in [5.74, 6) is 0.921. The van der Waals surface area contributed by atoms with Crippen molar-refractivity contribution in [1.29, 1.82) is 0 Å². The van der Waals surface area contributed by atoms with E-state index in [2.05, 4.69) is 4.98 Å². The Morgan fingerprint density at radius 3 is 2.54 bits per heavy atom. The number of carboxylic acids is 1. The molecule has 184 valence electrons. The van der Waals surface area contributed by atoms with Crippen LogP contribution in [-0.4, -0.2) is 36.9 Å². The van der Waals surface area contributed by atoms with Gasteiger partial charge in [0.1, 0.15) is 27.0 Å². The number of carbonyl (C=O) groups is 1. The number of fused-ring (bicyclic) bond motifs is 1. The number of rotatable bonds is 10. The zero-order valence-corrected chi connectivity index (χ0v) is 22.6. The van der Waals surface area contributed by atoms with Gasteiger partial charge >= 0.3 is 5.97 Å². The van der Waals surface area contributed by atoms with Crippen LogP contribution in [0.25, 0.3) is 10.9 Å². The molecule has 1 N–H and O–H groups in total. The smallest absolute Gasteiger partial charge is 0.307 e. The molecule has 6 nitrogen and oxygen atoms in total. The molecule has 0 spiro atoms. The van der Waals surface area contributed by atoms with E-state index in [4.69, 9.17) is 9.84 Å². The normalized spacial score (nSPS) is 12.3. The summed E-state index contributed by atoms with van der Waals surface area (Å²) in [6.07, 6.45) is 2.69. The zero-order valence-electron chi connectivity index (χ0n) is 20.2.